The topological polar surface area (TPSA) is 106 Å². The molecule has 1 aromatic carbocycles. The number of amides is 1. The van der Waals surface area contributed by atoms with E-state index in [1.54, 1.807) is 0 Å². The van der Waals surface area contributed by atoms with E-state index in [1.807, 2.05) is 0 Å². The number of methoxy groups -OCH3 is 1. The smallest absolute Gasteiger partial charge is 0.258 e. The molecule has 1 amide bonds. The first-order chi connectivity index (χ1) is 17.7. The number of rotatable bonds is 5. The van der Waals surface area contributed by atoms with Crippen LogP contribution < -0.4 is 10.4 Å². The van der Waals surface area contributed by atoms with E-state index in [2.05, 4.69) is 25.4 Å². The number of benzene rings is 1. The zero-order valence-electron chi connectivity index (χ0n) is 20.3. The molecule has 5 rings (SSSR count). The fraction of sp³-hybridized carbons (Fsp3) is 0.409. The molecule has 1 saturated heterocycles. The number of fused-ring (bicyclic) bond motifs is 2. The van der Waals surface area contributed by atoms with Crippen molar-refractivity contribution < 1.29 is 28.5 Å². The number of hydrogen-bond donors (Lipinski definition) is 1. The average molecular weight is 507 g/mol. The lowest BCUT2D eigenvalue weighted by molar-refractivity contribution is -0.131. The normalized spacial score (nSPS) is 19.5. The average Bonchev–Trinajstić information content (AvgIpc) is 3.37. The predicted molar refractivity (Wildman–Crippen MR) is 120 cm³/mol. The van der Waals surface area contributed by atoms with Gasteiger partial charge in [0.15, 0.2) is 5.82 Å². The quantitative estimate of drug-likeness (QED) is 0.418. The standard InChI is InChI=1S/C22H22F4N8O2/c1-11(35)32-6-5-15(13(23)8-32)27-22-28-21(36-2)20-19(14(24)9-34(20)30-22)12-3-4-16-17(7-12)33(31-29-16)10-18(25)26/h3-4,7,9,13,15,18H,5-6,8,10H2,1-2H3,(H,27,30)/t13-,15+/m1/s1/i9D. The lowest BCUT2D eigenvalue weighted by Crippen LogP contribution is -2.46. The molecule has 1 fully saturated rings. The fourth-order valence-electron chi connectivity index (χ4n) is 4.32. The van der Waals surface area contributed by atoms with Gasteiger partial charge in [0.2, 0.25) is 17.4 Å². The van der Waals surface area contributed by atoms with Crippen molar-refractivity contribution in [3.05, 3.63) is 35.8 Å². The molecule has 4 aromatic rings. The Morgan fingerprint density at radius 3 is 2.92 bits per heavy atom. The molecule has 0 saturated carbocycles. The van der Waals surface area contributed by atoms with Gasteiger partial charge in [-0.25, -0.2) is 27.2 Å². The summed E-state index contributed by atoms with van der Waals surface area (Å²) in [7, 11) is 1.30. The first-order valence-corrected chi connectivity index (χ1v) is 11.1. The Kier molecular flexibility index (Phi) is 5.77. The molecule has 14 heteroatoms. The van der Waals surface area contributed by atoms with E-state index in [4.69, 9.17) is 6.11 Å². The molecule has 2 atom stereocenters. The minimum atomic E-state index is -2.67. The number of piperidine rings is 1. The number of carbonyl (C=O) groups is 1. The summed E-state index contributed by atoms with van der Waals surface area (Å²) < 4.78 is 71.8. The third-order valence-corrected chi connectivity index (χ3v) is 6.06. The van der Waals surface area contributed by atoms with Crippen LogP contribution in [0.4, 0.5) is 17.6 Å². The number of H-pyrrole nitrogens is 1. The number of hydrogen-bond acceptors (Lipinski definition) is 6. The van der Waals surface area contributed by atoms with Crippen LogP contribution in [0.25, 0.3) is 27.7 Å². The monoisotopic (exact) mass is 507 g/mol. The molecular formula is C22H22F4N8O2. The maximum Gasteiger partial charge on any atom is 0.258 e. The number of ether oxygens (including phenoxy) is 1. The van der Waals surface area contributed by atoms with Crippen LogP contribution in [0.5, 0.6) is 5.88 Å². The third-order valence-electron chi connectivity index (χ3n) is 6.06. The lowest BCUT2D eigenvalue weighted by atomic mass is 10.0. The molecule has 4 heterocycles. The van der Waals surface area contributed by atoms with Gasteiger partial charge in [-0.15, -0.1) is 5.10 Å². The van der Waals surface area contributed by atoms with Crippen molar-refractivity contribution in [2.24, 2.45) is 4.99 Å². The van der Waals surface area contributed by atoms with Gasteiger partial charge in [-0.1, -0.05) is 11.3 Å². The molecule has 1 N–H and O–H groups in total. The van der Waals surface area contributed by atoms with Gasteiger partial charge in [-0.2, -0.15) is 4.98 Å². The second kappa shape index (κ2) is 9.24. The van der Waals surface area contributed by atoms with Crippen molar-refractivity contribution in [1.82, 2.24) is 34.5 Å². The van der Waals surface area contributed by atoms with Gasteiger partial charge in [-0.3, -0.25) is 14.4 Å². The summed E-state index contributed by atoms with van der Waals surface area (Å²) in [6.07, 6.45) is -4.40. The molecule has 36 heavy (non-hydrogen) atoms. The fourth-order valence-corrected chi connectivity index (χ4v) is 4.32. The van der Waals surface area contributed by atoms with E-state index in [1.165, 1.54) is 37.1 Å². The Hall–Kier alpha value is -3.97. The molecular weight excluding hydrogens is 484 g/mol. The Morgan fingerprint density at radius 1 is 1.42 bits per heavy atom. The van der Waals surface area contributed by atoms with Crippen molar-refractivity contribution in [2.75, 3.05) is 20.2 Å². The summed E-state index contributed by atoms with van der Waals surface area (Å²) in [5.41, 5.74) is 0.794. The number of likely N-dealkylation sites (tertiary alicyclic amines) is 1. The SMILES string of the molecule is [2H]c1c(F)c(-c2ccc3nnn(CC(F)F)c3c2)c2c(OC)nc(=N[C@H]3CCN(C(C)=O)C[C@H]3F)[nH]n12. The molecule has 0 radical (unpaired) electrons. The maximum atomic E-state index is 15.4. The number of nitrogens with zero attached hydrogens (tertiary/aromatic N) is 7. The zero-order valence-corrected chi connectivity index (χ0v) is 19.3. The molecule has 1 aliphatic rings. The van der Waals surface area contributed by atoms with E-state index in [0.717, 1.165) is 9.20 Å². The second-order valence-corrected chi connectivity index (χ2v) is 8.37. The predicted octanol–water partition coefficient (Wildman–Crippen LogP) is 2.35. The first-order valence-electron chi connectivity index (χ1n) is 11.6. The molecule has 0 bridgehead atoms. The van der Waals surface area contributed by atoms with Crippen LogP contribution >= 0.6 is 0 Å². The van der Waals surface area contributed by atoms with Gasteiger partial charge < -0.3 is 9.64 Å². The number of aromatic nitrogens is 6. The van der Waals surface area contributed by atoms with Gasteiger partial charge >= 0.3 is 0 Å². The van der Waals surface area contributed by atoms with E-state index in [-0.39, 0.29) is 52.5 Å². The Labute approximate surface area is 202 Å². The highest BCUT2D eigenvalue weighted by Gasteiger charge is 2.30. The van der Waals surface area contributed by atoms with Crippen molar-refractivity contribution >= 4 is 22.5 Å². The molecule has 0 aliphatic carbocycles. The summed E-state index contributed by atoms with van der Waals surface area (Å²) in [6.45, 7) is 0.906. The van der Waals surface area contributed by atoms with Crippen molar-refractivity contribution in [2.45, 2.75) is 38.5 Å². The number of halogens is 4. The molecule has 0 unspecified atom stereocenters. The zero-order chi connectivity index (χ0) is 26.4. The van der Waals surface area contributed by atoms with Crippen molar-refractivity contribution in [1.29, 1.82) is 0 Å². The Morgan fingerprint density at radius 2 is 2.22 bits per heavy atom. The molecule has 3 aromatic heterocycles. The largest absolute Gasteiger partial charge is 0.479 e. The molecule has 10 nitrogen and oxygen atoms in total. The van der Waals surface area contributed by atoms with E-state index in [0.29, 0.717) is 12.1 Å². The summed E-state index contributed by atoms with van der Waals surface area (Å²) in [6, 6.07) is 3.68. The Bertz CT molecular complexity index is 1570. The maximum absolute atomic E-state index is 15.4. The highest BCUT2D eigenvalue weighted by atomic mass is 19.3. The van der Waals surface area contributed by atoms with Crippen LogP contribution in [0.1, 0.15) is 14.7 Å². The van der Waals surface area contributed by atoms with Crippen molar-refractivity contribution in [3.63, 3.8) is 0 Å². The highest BCUT2D eigenvalue weighted by molar-refractivity contribution is 5.89. The first kappa shape index (κ1) is 22.5. The van der Waals surface area contributed by atoms with Crippen molar-refractivity contribution in [3.8, 4) is 17.0 Å². The second-order valence-electron chi connectivity index (χ2n) is 8.37. The van der Waals surface area contributed by atoms with E-state index < -0.39 is 37.2 Å². The van der Waals surface area contributed by atoms with Crippen LogP contribution in [0.3, 0.4) is 0 Å². The van der Waals surface area contributed by atoms with E-state index in [9.17, 15) is 18.0 Å². The summed E-state index contributed by atoms with van der Waals surface area (Å²) in [5.74, 6) is -1.23. The number of carbonyl (C=O) groups excluding carboxylic acids is 1. The van der Waals surface area contributed by atoms with Crippen LogP contribution in [-0.2, 0) is 11.3 Å². The molecule has 0 spiro atoms. The van der Waals surface area contributed by atoms with Gasteiger partial charge in [0.05, 0.1) is 38.3 Å². The van der Waals surface area contributed by atoms with Crippen LogP contribution in [0, 0.1) is 5.82 Å². The summed E-state index contributed by atoms with van der Waals surface area (Å²) >= 11 is 0. The van der Waals surface area contributed by atoms with Gasteiger partial charge in [0.25, 0.3) is 6.43 Å². The van der Waals surface area contributed by atoms with Crippen LogP contribution in [0.2, 0.25) is 0 Å². The Balaban J connectivity index is 1.62. The minimum absolute atomic E-state index is 0.0537. The highest BCUT2D eigenvalue weighted by Crippen LogP contribution is 2.34. The lowest BCUT2D eigenvalue weighted by Gasteiger charge is -2.31. The molecule has 190 valence electrons. The van der Waals surface area contributed by atoms with Gasteiger partial charge in [0, 0.05) is 13.5 Å². The number of nitrogens with one attached hydrogen (secondary N) is 1. The molecule has 1 aliphatic heterocycles. The van der Waals surface area contributed by atoms with Gasteiger partial charge in [-0.05, 0) is 24.1 Å². The van der Waals surface area contributed by atoms with Crippen LogP contribution in [0.15, 0.2) is 29.4 Å². The number of alkyl halides is 3. The van der Waals surface area contributed by atoms with Gasteiger partial charge in [0.1, 0.15) is 23.7 Å². The summed E-state index contributed by atoms with van der Waals surface area (Å²) in [5, 5.41) is 10.3. The minimum Gasteiger partial charge on any atom is -0.479 e. The summed E-state index contributed by atoms with van der Waals surface area (Å²) in [4.78, 5) is 21.5. The third kappa shape index (κ3) is 4.27. The number of aromatic amines is 1. The van der Waals surface area contributed by atoms with Crippen LogP contribution in [-0.4, -0.2) is 79.2 Å². The van der Waals surface area contributed by atoms with E-state index >= 15 is 4.39 Å².